The summed E-state index contributed by atoms with van der Waals surface area (Å²) in [5.74, 6) is 0.225. The maximum Gasteiger partial charge on any atom is 0.153 e. The molecule has 5 heteroatoms. The van der Waals surface area contributed by atoms with Gasteiger partial charge < -0.3 is 0 Å². The van der Waals surface area contributed by atoms with E-state index in [1.807, 2.05) is 0 Å². The summed E-state index contributed by atoms with van der Waals surface area (Å²) in [6, 6.07) is 6.35. The van der Waals surface area contributed by atoms with Gasteiger partial charge in [0.1, 0.15) is 11.5 Å². The molecule has 0 spiro atoms. The summed E-state index contributed by atoms with van der Waals surface area (Å²) >= 11 is 0. The molecule has 1 aromatic carbocycles. The number of nitrogens with zero attached hydrogens (tertiary/aromatic N) is 4. The Labute approximate surface area is 74.0 Å². The quantitative estimate of drug-likeness (QED) is 0.657. The first-order chi connectivity index (χ1) is 6.29. The minimum absolute atomic E-state index is 0.335. The van der Waals surface area contributed by atoms with Gasteiger partial charge in [0.25, 0.3) is 0 Å². The van der Waals surface area contributed by atoms with Gasteiger partial charge in [-0.1, -0.05) is 12.1 Å². The lowest BCUT2D eigenvalue weighted by Crippen LogP contribution is -2.01. The fraction of sp³-hybridized carbons (Fsp3) is 0.125. The van der Waals surface area contributed by atoms with Crippen LogP contribution >= 0.6 is 0 Å². The number of para-hydroxylation sites is 1. The molecule has 13 heavy (non-hydrogen) atoms. The zero-order chi connectivity index (χ0) is 9.26. The van der Waals surface area contributed by atoms with E-state index in [1.165, 1.54) is 10.7 Å². The fourth-order valence-corrected chi connectivity index (χ4v) is 1.08. The molecule has 2 rings (SSSR count). The average molecular weight is 178 g/mol. The van der Waals surface area contributed by atoms with E-state index in [0.717, 1.165) is 0 Å². The van der Waals surface area contributed by atoms with Gasteiger partial charge in [0.05, 0.1) is 0 Å². The van der Waals surface area contributed by atoms with Crippen LogP contribution in [0, 0.1) is 12.7 Å². The molecule has 0 saturated carbocycles. The highest BCUT2D eigenvalue weighted by Crippen LogP contribution is 2.11. The molecule has 2 aromatic rings. The third kappa shape index (κ3) is 1.28. The van der Waals surface area contributed by atoms with Crippen LogP contribution in [-0.4, -0.2) is 20.2 Å². The highest BCUT2D eigenvalue weighted by Gasteiger charge is 2.07. The van der Waals surface area contributed by atoms with E-state index in [4.69, 9.17) is 0 Å². The van der Waals surface area contributed by atoms with Crippen LogP contribution in [-0.2, 0) is 0 Å². The normalized spacial score (nSPS) is 10.3. The number of halogens is 1. The summed E-state index contributed by atoms with van der Waals surface area (Å²) < 4.78 is 14.6. The lowest BCUT2D eigenvalue weighted by Gasteiger charge is -2.01. The van der Waals surface area contributed by atoms with Crippen LogP contribution in [0.3, 0.4) is 0 Å². The third-order valence-electron chi connectivity index (χ3n) is 1.71. The minimum Gasteiger partial charge on any atom is -0.205 e. The van der Waals surface area contributed by atoms with Crippen LogP contribution in [0.1, 0.15) is 5.82 Å². The number of aromatic nitrogens is 4. The van der Waals surface area contributed by atoms with Gasteiger partial charge in [0, 0.05) is 0 Å². The van der Waals surface area contributed by atoms with Gasteiger partial charge >= 0.3 is 0 Å². The van der Waals surface area contributed by atoms with E-state index < -0.39 is 0 Å². The molecular weight excluding hydrogens is 171 g/mol. The van der Waals surface area contributed by atoms with Gasteiger partial charge in [0.15, 0.2) is 5.82 Å². The van der Waals surface area contributed by atoms with E-state index in [1.54, 1.807) is 25.1 Å². The van der Waals surface area contributed by atoms with Crippen molar-refractivity contribution in [1.29, 1.82) is 0 Å². The van der Waals surface area contributed by atoms with Gasteiger partial charge in [-0.25, -0.2) is 4.39 Å². The molecule has 0 amide bonds. The van der Waals surface area contributed by atoms with Crippen LogP contribution in [0.5, 0.6) is 0 Å². The van der Waals surface area contributed by atoms with Crippen LogP contribution in [0.25, 0.3) is 5.69 Å². The van der Waals surface area contributed by atoms with Crippen molar-refractivity contribution in [3.63, 3.8) is 0 Å². The molecule has 0 bridgehead atoms. The highest BCUT2D eigenvalue weighted by atomic mass is 19.1. The summed E-state index contributed by atoms with van der Waals surface area (Å²) in [5, 5.41) is 10.8. The first-order valence-electron chi connectivity index (χ1n) is 3.79. The molecule has 0 radical (unpaired) electrons. The van der Waals surface area contributed by atoms with Crippen molar-refractivity contribution in [2.45, 2.75) is 6.92 Å². The predicted molar refractivity (Wildman–Crippen MR) is 43.8 cm³/mol. The van der Waals surface area contributed by atoms with Crippen molar-refractivity contribution >= 4 is 0 Å². The van der Waals surface area contributed by atoms with Gasteiger partial charge in [-0.05, 0) is 29.5 Å². The SMILES string of the molecule is Cc1nnnn1-c1ccccc1F. The summed E-state index contributed by atoms with van der Waals surface area (Å²) in [5.41, 5.74) is 0.366. The monoisotopic (exact) mass is 178 g/mol. The largest absolute Gasteiger partial charge is 0.205 e. The minimum atomic E-state index is -0.335. The second-order valence-corrected chi connectivity index (χ2v) is 2.59. The zero-order valence-corrected chi connectivity index (χ0v) is 6.98. The maximum absolute atomic E-state index is 13.2. The van der Waals surface area contributed by atoms with E-state index in [0.29, 0.717) is 11.5 Å². The molecule has 0 aliphatic heterocycles. The Kier molecular flexibility index (Phi) is 1.77. The predicted octanol–water partition coefficient (Wildman–Crippen LogP) is 1.11. The molecule has 1 aromatic heterocycles. The standard InChI is InChI=1S/C8H7FN4/c1-6-10-11-12-13(6)8-5-3-2-4-7(8)9/h2-5H,1H3. The molecule has 4 nitrogen and oxygen atoms in total. The molecule has 0 N–H and O–H groups in total. The molecule has 0 fully saturated rings. The Balaban J connectivity index is 2.59. The lowest BCUT2D eigenvalue weighted by atomic mass is 10.3. The Morgan fingerprint density at radius 1 is 1.31 bits per heavy atom. The van der Waals surface area contributed by atoms with Gasteiger partial charge in [0.2, 0.25) is 0 Å². The number of rotatable bonds is 1. The van der Waals surface area contributed by atoms with E-state index >= 15 is 0 Å². The summed E-state index contributed by atoms with van der Waals surface area (Å²) in [6.45, 7) is 1.71. The van der Waals surface area contributed by atoms with Gasteiger partial charge in [-0.3, -0.25) is 0 Å². The Bertz CT molecular complexity index is 424. The van der Waals surface area contributed by atoms with E-state index in [9.17, 15) is 4.39 Å². The zero-order valence-electron chi connectivity index (χ0n) is 6.98. The first-order valence-corrected chi connectivity index (χ1v) is 3.79. The summed E-state index contributed by atoms with van der Waals surface area (Å²) in [7, 11) is 0. The topological polar surface area (TPSA) is 43.6 Å². The molecule has 0 aliphatic carbocycles. The maximum atomic E-state index is 13.2. The van der Waals surface area contributed by atoms with Crippen LogP contribution in [0.4, 0.5) is 4.39 Å². The Morgan fingerprint density at radius 2 is 2.08 bits per heavy atom. The fourth-order valence-electron chi connectivity index (χ4n) is 1.08. The van der Waals surface area contributed by atoms with Crippen LogP contribution in [0.2, 0.25) is 0 Å². The lowest BCUT2D eigenvalue weighted by molar-refractivity contribution is 0.604. The Hall–Kier alpha value is -1.78. The number of hydrogen-bond donors (Lipinski definition) is 0. The number of tetrazole rings is 1. The van der Waals surface area contributed by atoms with Crippen molar-refractivity contribution in [1.82, 2.24) is 20.2 Å². The van der Waals surface area contributed by atoms with Crippen molar-refractivity contribution in [3.8, 4) is 5.69 Å². The van der Waals surface area contributed by atoms with Crippen molar-refractivity contribution in [2.75, 3.05) is 0 Å². The molecular formula is C8H7FN4. The second-order valence-electron chi connectivity index (χ2n) is 2.59. The molecule has 0 atom stereocenters. The number of hydrogen-bond acceptors (Lipinski definition) is 3. The van der Waals surface area contributed by atoms with E-state index in [-0.39, 0.29) is 5.82 Å². The van der Waals surface area contributed by atoms with Crippen molar-refractivity contribution in [2.24, 2.45) is 0 Å². The van der Waals surface area contributed by atoms with Crippen molar-refractivity contribution < 1.29 is 4.39 Å². The molecule has 0 aliphatic rings. The molecule has 66 valence electrons. The Morgan fingerprint density at radius 3 is 2.69 bits per heavy atom. The average Bonchev–Trinajstić information content (AvgIpc) is 2.52. The molecule has 0 unspecified atom stereocenters. The summed E-state index contributed by atoms with van der Waals surface area (Å²) in [4.78, 5) is 0. The van der Waals surface area contributed by atoms with Gasteiger partial charge in [-0.15, -0.1) is 5.10 Å². The smallest absolute Gasteiger partial charge is 0.153 e. The number of aryl methyl sites for hydroxylation is 1. The summed E-state index contributed by atoms with van der Waals surface area (Å²) in [6.07, 6.45) is 0. The molecule has 0 saturated heterocycles. The van der Waals surface area contributed by atoms with Crippen LogP contribution < -0.4 is 0 Å². The van der Waals surface area contributed by atoms with Crippen LogP contribution in [0.15, 0.2) is 24.3 Å². The highest BCUT2D eigenvalue weighted by molar-refractivity contribution is 5.32. The second kappa shape index (κ2) is 2.93. The molecule has 1 heterocycles. The number of benzene rings is 1. The first kappa shape index (κ1) is 7.85. The van der Waals surface area contributed by atoms with E-state index in [2.05, 4.69) is 15.5 Å². The van der Waals surface area contributed by atoms with Crippen molar-refractivity contribution in [3.05, 3.63) is 35.9 Å². The third-order valence-corrected chi connectivity index (χ3v) is 1.71. The van der Waals surface area contributed by atoms with Gasteiger partial charge in [-0.2, -0.15) is 4.68 Å².